The first-order valence-electron chi connectivity index (χ1n) is 8.91. The number of ether oxygens (including phenoxy) is 3. The van der Waals surface area contributed by atoms with Gasteiger partial charge in [0.15, 0.2) is 0 Å². The third-order valence-corrected chi connectivity index (χ3v) is 4.40. The SMILES string of the molecule is COc1ccccc1CC(CNC(=O)CCOC1CCOCC1)C(=O)O. The smallest absolute Gasteiger partial charge is 0.308 e. The van der Waals surface area contributed by atoms with Crippen LogP contribution in [0.15, 0.2) is 24.3 Å². The van der Waals surface area contributed by atoms with E-state index in [0.29, 0.717) is 25.6 Å². The van der Waals surface area contributed by atoms with Crippen molar-refractivity contribution in [1.29, 1.82) is 0 Å². The molecule has 1 atom stereocenters. The molecule has 7 heteroatoms. The molecule has 2 rings (SSSR count). The van der Waals surface area contributed by atoms with Crippen LogP contribution >= 0.6 is 0 Å². The predicted octanol–water partition coefficient (Wildman–Crippen LogP) is 1.64. The van der Waals surface area contributed by atoms with E-state index in [0.717, 1.165) is 18.4 Å². The Hall–Kier alpha value is -2.12. The molecular formula is C19H27NO6. The Morgan fingerprint density at radius 1 is 1.31 bits per heavy atom. The van der Waals surface area contributed by atoms with Crippen molar-refractivity contribution in [2.24, 2.45) is 5.92 Å². The summed E-state index contributed by atoms with van der Waals surface area (Å²) < 4.78 is 16.2. The Morgan fingerprint density at radius 3 is 2.73 bits per heavy atom. The predicted molar refractivity (Wildman–Crippen MR) is 95.2 cm³/mol. The second kappa shape index (κ2) is 10.8. The number of carboxylic acid groups (broad SMARTS) is 1. The van der Waals surface area contributed by atoms with Gasteiger partial charge >= 0.3 is 5.97 Å². The van der Waals surface area contributed by atoms with Crippen molar-refractivity contribution >= 4 is 11.9 Å². The number of aliphatic carboxylic acids is 1. The van der Waals surface area contributed by atoms with Gasteiger partial charge in [-0.1, -0.05) is 18.2 Å². The molecule has 2 N–H and O–H groups in total. The lowest BCUT2D eigenvalue weighted by Gasteiger charge is -2.22. The molecule has 144 valence electrons. The van der Waals surface area contributed by atoms with E-state index in [4.69, 9.17) is 14.2 Å². The Morgan fingerprint density at radius 2 is 2.04 bits per heavy atom. The van der Waals surface area contributed by atoms with Gasteiger partial charge in [-0.25, -0.2) is 0 Å². The van der Waals surface area contributed by atoms with Crippen molar-refractivity contribution in [2.45, 2.75) is 31.8 Å². The molecule has 0 radical (unpaired) electrons. The number of benzene rings is 1. The summed E-state index contributed by atoms with van der Waals surface area (Å²) in [5.74, 6) is -1.22. The largest absolute Gasteiger partial charge is 0.496 e. The summed E-state index contributed by atoms with van der Waals surface area (Å²) in [5, 5.41) is 12.1. The number of carbonyl (C=O) groups is 2. The fourth-order valence-corrected chi connectivity index (χ4v) is 2.87. The summed E-state index contributed by atoms with van der Waals surface area (Å²) >= 11 is 0. The van der Waals surface area contributed by atoms with Crippen molar-refractivity contribution in [2.75, 3.05) is 33.5 Å². The van der Waals surface area contributed by atoms with Gasteiger partial charge in [0.05, 0.1) is 25.7 Å². The van der Waals surface area contributed by atoms with E-state index in [1.165, 1.54) is 0 Å². The van der Waals surface area contributed by atoms with Crippen LogP contribution in [0.25, 0.3) is 0 Å². The van der Waals surface area contributed by atoms with Gasteiger partial charge in [0.25, 0.3) is 0 Å². The molecule has 7 nitrogen and oxygen atoms in total. The van der Waals surface area contributed by atoms with Gasteiger partial charge in [-0.3, -0.25) is 9.59 Å². The normalized spacial score (nSPS) is 16.0. The van der Waals surface area contributed by atoms with Gasteiger partial charge in [-0.15, -0.1) is 0 Å². The second-order valence-electron chi connectivity index (χ2n) is 6.29. The molecule has 0 saturated carbocycles. The average Bonchev–Trinajstić information content (AvgIpc) is 2.66. The molecule has 1 aliphatic rings. The van der Waals surface area contributed by atoms with Crippen molar-refractivity contribution < 1.29 is 28.9 Å². The summed E-state index contributed by atoms with van der Waals surface area (Å²) in [6.07, 6.45) is 2.36. The minimum Gasteiger partial charge on any atom is -0.496 e. The molecule has 1 aromatic carbocycles. The molecule has 1 saturated heterocycles. The molecule has 1 unspecified atom stereocenters. The monoisotopic (exact) mass is 365 g/mol. The zero-order chi connectivity index (χ0) is 18.8. The second-order valence-corrected chi connectivity index (χ2v) is 6.29. The van der Waals surface area contributed by atoms with Crippen LogP contribution in [0.3, 0.4) is 0 Å². The lowest BCUT2D eigenvalue weighted by molar-refractivity contribution is -0.141. The average molecular weight is 365 g/mol. The van der Waals surface area contributed by atoms with Crippen LogP contribution < -0.4 is 10.1 Å². The van der Waals surface area contributed by atoms with E-state index < -0.39 is 11.9 Å². The molecule has 0 spiro atoms. The quantitative estimate of drug-likeness (QED) is 0.655. The highest BCUT2D eigenvalue weighted by Crippen LogP contribution is 2.21. The van der Waals surface area contributed by atoms with Gasteiger partial charge < -0.3 is 24.6 Å². The highest BCUT2D eigenvalue weighted by Gasteiger charge is 2.21. The first-order chi connectivity index (χ1) is 12.6. The van der Waals surface area contributed by atoms with Crippen LogP contribution in [0.2, 0.25) is 0 Å². The van der Waals surface area contributed by atoms with Crippen LogP contribution in [0.5, 0.6) is 5.75 Å². The minimum atomic E-state index is -0.949. The number of carbonyl (C=O) groups excluding carboxylic acids is 1. The standard InChI is InChI=1S/C19H27NO6/c1-24-17-5-3-2-4-14(17)12-15(19(22)23)13-20-18(21)8-11-26-16-6-9-25-10-7-16/h2-5,15-16H,6-13H2,1H3,(H,20,21)(H,22,23). The molecule has 1 aromatic rings. The molecule has 1 aliphatic heterocycles. The zero-order valence-corrected chi connectivity index (χ0v) is 15.1. The van der Waals surface area contributed by atoms with Crippen LogP contribution in [-0.4, -0.2) is 56.6 Å². The maximum Gasteiger partial charge on any atom is 0.308 e. The number of methoxy groups -OCH3 is 1. The van der Waals surface area contributed by atoms with E-state index in [-0.39, 0.29) is 31.4 Å². The highest BCUT2D eigenvalue weighted by atomic mass is 16.5. The first kappa shape index (κ1) is 20.2. The number of rotatable bonds is 10. The number of para-hydroxylation sites is 1. The lowest BCUT2D eigenvalue weighted by atomic mass is 9.98. The van der Waals surface area contributed by atoms with E-state index in [1.54, 1.807) is 13.2 Å². The third kappa shape index (κ3) is 6.65. The van der Waals surface area contributed by atoms with Crippen LogP contribution in [0.1, 0.15) is 24.8 Å². The van der Waals surface area contributed by atoms with Crippen LogP contribution in [-0.2, 0) is 25.5 Å². The maximum atomic E-state index is 12.0. The van der Waals surface area contributed by atoms with Gasteiger partial charge in [0, 0.05) is 26.2 Å². The Kier molecular flexibility index (Phi) is 8.37. The fraction of sp³-hybridized carbons (Fsp3) is 0.579. The van der Waals surface area contributed by atoms with Crippen LogP contribution in [0, 0.1) is 5.92 Å². The molecular weight excluding hydrogens is 338 g/mol. The van der Waals surface area contributed by atoms with E-state index in [9.17, 15) is 14.7 Å². The van der Waals surface area contributed by atoms with Crippen molar-refractivity contribution in [1.82, 2.24) is 5.32 Å². The molecule has 0 aliphatic carbocycles. The molecule has 26 heavy (non-hydrogen) atoms. The highest BCUT2D eigenvalue weighted by molar-refractivity contribution is 5.77. The number of amides is 1. The summed E-state index contributed by atoms with van der Waals surface area (Å²) in [7, 11) is 1.55. The first-order valence-corrected chi connectivity index (χ1v) is 8.91. The number of hydrogen-bond donors (Lipinski definition) is 2. The molecule has 1 amide bonds. The number of nitrogens with one attached hydrogen (secondary N) is 1. The van der Waals surface area contributed by atoms with E-state index in [2.05, 4.69) is 5.32 Å². The zero-order valence-electron chi connectivity index (χ0n) is 15.1. The van der Waals surface area contributed by atoms with Crippen LogP contribution in [0.4, 0.5) is 0 Å². The third-order valence-electron chi connectivity index (χ3n) is 4.40. The Bertz CT molecular complexity index is 585. The topological polar surface area (TPSA) is 94.1 Å². The molecule has 1 fully saturated rings. The Labute approximate surface area is 153 Å². The van der Waals surface area contributed by atoms with Crippen molar-refractivity contribution in [3.05, 3.63) is 29.8 Å². The summed E-state index contributed by atoms with van der Waals surface area (Å²) in [6, 6.07) is 7.29. The summed E-state index contributed by atoms with van der Waals surface area (Å²) in [6.45, 7) is 1.80. The van der Waals surface area contributed by atoms with Gasteiger partial charge in [0.1, 0.15) is 5.75 Å². The summed E-state index contributed by atoms with van der Waals surface area (Å²) in [4.78, 5) is 23.5. The van der Waals surface area contributed by atoms with E-state index in [1.807, 2.05) is 18.2 Å². The summed E-state index contributed by atoms with van der Waals surface area (Å²) in [5.41, 5.74) is 0.805. The molecule has 0 bridgehead atoms. The van der Waals surface area contributed by atoms with Crippen molar-refractivity contribution in [3.8, 4) is 5.75 Å². The maximum absolute atomic E-state index is 12.0. The fourth-order valence-electron chi connectivity index (χ4n) is 2.87. The van der Waals surface area contributed by atoms with Gasteiger partial charge in [-0.2, -0.15) is 0 Å². The van der Waals surface area contributed by atoms with Gasteiger partial charge in [-0.05, 0) is 30.9 Å². The van der Waals surface area contributed by atoms with E-state index >= 15 is 0 Å². The minimum absolute atomic E-state index is 0.0729. The number of hydrogen-bond acceptors (Lipinski definition) is 5. The number of carboxylic acids is 1. The lowest BCUT2D eigenvalue weighted by Crippen LogP contribution is -2.35. The molecule has 1 heterocycles. The van der Waals surface area contributed by atoms with Gasteiger partial charge in [0.2, 0.25) is 5.91 Å². The van der Waals surface area contributed by atoms with Crippen molar-refractivity contribution in [3.63, 3.8) is 0 Å². The Balaban J connectivity index is 1.74. The molecule has 0 aromatic heterocycles.